The number of rotatable bonds is 3. The van der Waals surface area contributed by atoms with Crippen LogP contribution >= 0.6 is 0 Å². The maximum atomic E-state index is 13.6. The number of aromatic nitrogens is 2. The Labute approximate surface area is 167 Å². The molecule has 1 atom stereocenters. The SMILES string of the molecule is Cc1ccc(C(=O)N2CCCC(c3nc4ccc(F)cc4cc3C(N)=O)C2)cn1. The lowest BCUT2D eigenvalue weighted by Gasteiger charge is -2.33. The topological polar surface area (TPSA) is 89.2 Å². The van der Waals surface area contributed by atoms with Crippen LogP contribution in [0.3, 0.4) is 0 Å². The third-order valence-corrected chi connectivity index (χ3v) is 5.33. The first-order valence-corrected chi connectivity index (χ1v) is 9.54. The molecule has 3 heterocycles. The van der Waals surface area contributed by atoms with Crippen LogP contribution in [0.5, 0.6) is 0 Å². The zero-order valence-electron chi connectivity index (χ0n) is 16.1. The zero-order valence-corrected chi connectivity index (χ0v) is 16.1. The lowest BCUT2D eigenvalue weighted by Crippen LogP contribution is -2.40. The lowest BCUT2D eigenvalue weighted by molar-refractivity contribution is 0.0705. The van der Waals surface area contributed by atoms with E-state index >= 15 is 0 Å². The average Bonchev–Trinajstić information content (AvgIpc) is 2.73. The van der Waals surface area contributed by atoms with Gasteiger partial charge in [0, 0.05) is 36.3 Å². The first-order chi connectivity index (χ1) is 13.9. The number of fused-ring (bicyclic) bond motifs is 1. The summed E-state index contributed by atoms with van der Waals surface area (Å²) in [6, 6.07) is 9.43. The van der Waals surface area contributed by atoms with E-state index in [-0.39, 0.29) is 17.4 Å². The van der Waals surface area contributed by atoms with Crippen molar-refractivity contribution >= 4 is 22.7 Å². The Hall–Kier alpha value is -3.35. The fourth-order valence-corrected chi connectivity index (χ4v) is 3.83. The molecule has 0 radical (unpaired) electrons. The summed E-state index contributed by atoms with van der Waals surface area (Å²) in [6.07, 6.45) is 3.16. The summed E-state index contributed by atoms with van der Waals surface area (Å²) >= 11 is 0. The van der Waals surface area contributed by atoms with E-state index in [4.69, 9.17) is 5.73 Å². The smallest absolute Gasteiger partial charge is 0.255 e. The van der Waals surface area contributed by atoms with Gasteiger partial charge in [-0.1, -0.05) is 0 Å². The Morgan fingerprint density at radius 2 is 2.03 bits per heavy atom. The summed E-state index contributed by atoms with van der Waals surface area (Å²) in [5.41, 5.74) is 8.41. The van der Waals surface area contributed by atoms with Crippen molar-refractivity contribution < 1.29 is 14.0 Å². The molecule has 3 aromatic rings. The minimum absolute atomic E-state index is 0.0920. The predicted molar refractivity (Wildman–Crippen MR) is 107 cm³/mol. The Bertz CT molecular complexity index is 1100. The molecule has 2 amide bonds. The van der Waals surface area contributed by atoms with Crippen molar-refractivity contribution in [2.24, 2.45) is 5.73 Å². The van der Waals surface area contributed by atoms with E-state index in [9.17, 15) is 14.0 Å². The number of pyridine rings is 2. The minimum atomic E-state index is -0.607. The molecule has 0 bridgehead atoms. The van der Waals surface area contributed by atoms with E-state index < -0.39 is 11.7 Å². The first kappa shape index (κ1) is 19.0. The Morgan fingerprint density at radius 3 is 2.76 bits per heavy atom. The monoisotopic (exact) mass is 392 g/mol. The van der Waals surface area contributed by atoms with Crippen molar-refractivity contribution in [3.8, 4) is 0 Å². The molecule has 1 unspecified atom stereocenters. The molecule has 7 heteroatoms. The molecule has 1 saturated heterocycles. The molecule has 1 aliphatic heterocycles. The van der Waals surface area contributed by atoms with Crippen LogP contribution in [0.2, 0.25) is 0 Å². The highest BCUT2D eigenvalue weighted by molar-refractivity contribution is 5.98. The van der Waals surface area contributed by atoms with E-state index in [2.05, 4.69) is 9.97 Å². The number of nitrogens with zero attached hydrogens (tertiary/aromatic N) is 3. The third kappa shape index (κ3) is 3.81. The number of aryl methyl sites for hydroxylation is 1. The van der Waals surface area contributed by atoms with Gasteiger partial charge in [0.15, 0.2) is 0 Å². The average molecular weight is 392 g/mol. The lowest BCUT2D eigenvalue weighted by atomic mass is 9.90. The standard InChI is InChI=1S/C22H21FN4O2/c1-13-4-5-14(11-25-13)22(29)27-8-2-3-15(12-27)20-18(21(24)28)10-16-9-17(23)6-7-19(16)26-20/h4-7,9-11,15H,2-3,8,12H2,1H3,(H2,24,28). The van der Waals surface area contributed by atoms with E-state index in [1.165, 1.54) is 12.1 Å². The van der Waals surface area contributed by atoms with Gasteiger partial charge in [-0.05, 0) is 56.2 Å². The highest BCUT2D eigenvalue weighted by Crippen LogP contribution is 2.31. The molecule has 0 aliphatic carbocycles. The van der Waals surface area contributed by atoms with Crippen LogP contribution in [0.1, 0.15) is 50.9 Å². The molecule has 4 rings (SSSR count). The van der Waals surface area contributed by atoms with Gasteiger partial charge in [0.1, 0.15) is 5.82 Å². The molecule has 2 N–H and O–H groups in total. The van der Waals surface area contributed by atoms with Crippen molar-refractivity contribution in [2.75, 3.05) is 13.1 Å². The van der Waals surface area contributed by atoms with Crippen molar-refractivity contribution in [1.29, 1.82) is 0 Å². The summed E-state index contributed by atoms with van der Waals surface area (Å²) in [7, 11) is 0. The molecular formula is C22H21FN4O2. The maximum absolute atomic E-state index is 13.6. The summed E-state index contributed by atoms with van der Waals surface area (Å²) in [6.45, 7) is 2.94. The van der Waals surface area contributed by atoms with Gasteiger partial charge in [-0.2, -0.15) is 0 Å². The van der Waals surface area contributed by atoms with Gasteiger partial charge < -0.3 is 10.6 Å². The number of piperidine rings is 1. The predicted octanol–water partition coefficient (Wildman–Crippen LogP) is 3.20. The highest BCUT2D eigenvalue weighted by atomic mass is 19.1. The van der Waals surface area contributed by atoms with E-state index in [1.54, 1.807) is 29.3 Å². The fraction of sp³-hybridized carbons (Fsp3) is 0.273. The number of halogens is 1. The normalized spacial score (nSPS) is 16.8. The van der Waals surface area contributed by atoms with Gasteiger partial charge in [0.2, 0.25) is 0 Å². The first-order valence-electron chi connectivity index (χ1n) is 9.54. The van der Waals surface area contributed by atoms with E-state index in [1.807, 2.05) is 13.0 Å². The number of likely N-dealkylation sites (tertiary alicyclic amines) is 1. The van der Waals surface area contributed by atoms with Gasteiger partial charge in [0.25, 0.3) is 11.8 Å². The van der Waals surface area contributed by atoms with Crippen molar-refractivity contribution in [3.05, 3.63) is 70.9 Å². The summed E-state index contributed by atoms with van der Waals surface area (Å²) in [4.78, 5) is 35.5. The number of benzene rings is 1. The Kier molecular flexibility index (Phi) is 4.96. The minimum Gasteiger partial charge on any atom is -0.366 e. The van der Waals surface area contributed by atoms with Crippen molar-refractivity contribution in [2.45, 2.75) is 25.7 Å². The molecule has 2 aromatic heterocycles. The van der Waals surface area contributed by atoms with E-state index in [0.29, 0.717) is 35.2 Å². The molecule has 148 valence electrons. The second kappa shape index (κ2) is 7.58. The van der Waals surface area contributed by atoms with Crippen LogP contribution in [0.4, 0.5) is 4.39 Å². The molecule has 0 saturated carbocycles. The zero-order chi connectivity index (χ0) is 20.5. The van der Waals surface area contributed by atoms with Gasteiger partial charge in [0.05, 0.1) is 22.3 Å². The maximum Gasteiger partial charge on any atom is 0.255 e. The summed E-state index contributed by atoms with van der Waals surface area (Å²) < 4.78 is 13.6. The molecule has 1 fully saturated rings. The molecule has 6 nitrogen and oxygen atoms in total. The van der Waals surface area contributed by atoms with Crippen molar-refractivity contribution in [1.82, 2.24) is 14.9 Å². The molecule has 29 heavy (non-hydrogen) atoms. The number of nitrogens with two attached hydrogens (primary N) is 1. The Morgan fingerprint density at radius 1 is 1.21 bits per heavy atom. The molecule has 1 aliphatic rings. The number of carbonyl (C=O) groups excluding carboxylic acids is 2. The van der Waals surface area contributed by atoms with E-state index in [0.717, 1.165) is 18.5 Å². The third-order valence-electron chi connectivity index (χ3n) is 5.33. The summed E-state index contributed by atoms with van der Waals surface area (Å²) in [5.74, 6) is -1.22. The fourth-order valence-electron chi connectivity index (χ4n) is 3.83. The van der Waals surface area contributed by atoms with Crippen LogP contribution in [0.25, 0.3) is 10.9 Å². The molecular weight excluding hydrogens is 371 g/mol. The van der Waals surface area contributed by atoms with Crippen LogP contribution in [0.15, 0.2) is 42.6 Å². The van der Waals surface area contributed by atoms with Crippen LogP contribution < -0.4 is 5.73 Å². The number of amides is 2. The second-order valence-electron chi connectivity index (χ2n) is 7.40. The number of hydrogen-bond donors (Lipinski definition) is 1. The summed E-state index contributed by atoms with van der Waals surface area (Å²) in [5, 5.41) is 0.525. The van der Waals surface area contributed by atoms with Gasteiger partial charge in [-0.15, -0.1) is 0 Å². The molecule has 1 aromatic carbocycles. The molecule has 0 spiro atoms. The quantitative estimate of drug-likeness (QED) is 0.741. The Balaban J connectivity index is 1.67. The van der Waals surface area contributed by atoms with Crippen LogP contribution in [0, 0.1) is 12.7 Å². The number of primary amides is 1. The van der Waals surface area contributed by atoms with Crippen LogP contribution in [-0.2, 0) is 0 Å². The number of carbonyl (C=O) groups is 2. The van der Waals surface area contributed by atoms with Crippen LogP contribution in [-0.4, -0.2) is 39.8 Å². The van der Waals surface area contributed by atoms with Gasteiger partial charge >= 0.3 is 0 Å². The van der Waals surface area contributed by atoms with Crippen molar-refractivity contribution in [3.63, 3.8) is 0 Å². The largest absolute Gasteiger partial charge is 0.366 e. The van der Waals surface area contributed by atoms with Gasteiger partial charge in [-0.25, -0.2) is 4.39 Å². The van der Waals surface area contributed by atoms with Gasteiger partial charge in [-0.3, -0.25) is 19.6 Å². The second-order valence-corrected chi connectivity index (χ2v) is 7.40. The number of hydrogen-bond acceptors (Lipinski definition) is 4. The highest BCUT2D eigenvalue weighted by Gasteiger charge is 2.29.